The average Bonchev–Trinajstić information content (AvgIpc) is 1.96. The van der Waals surface area contributed by atoms with Gasteiger partial charge in [0.2, 0.25) is 0 Å². The van der Waals surface area contributed by atoms with Crippen molar-refractivity contribution in [2.75, 3.05) is 0 Å². The van der Waals surface area contributed by atoms with Crippen molar-refractivity contribution in [3.05, 3.63) is 28.8 Å². The molecule has 1 rings (SSSR count). The zero-order valence-corrected chi connectivity index (χ0v) is 7.63. The maximum atomic E-state index is 9.01. The first-order valence-corrected chi connectivity index (χ1v) is 3.96. The van der Waals surface area contributed by atoms with E-state index in [1.54, 1.807) is 6.07 Å². The van der Waals surface area contributed by atoms with Gasteiger partial charge in [0.25, 0.3) is 0 Å². The minimum atomic E-state index is -1.36. The van der Waals surface area contributed by atoms with Crippen LogP contribution >= 0.6 is 0 Å². The molecule has 2 N–H and O–H groups in total. The van der Waals surface area contributed by atoms with Crippen LogP contribution in [0, 0.1) is 20.8 Å². The monoisotopic (exact) mass is 164 g/mol. The third-order valence-electron chi connectivity index (χ3n) is 2.13. The summed E-state index contributed by atoms with van der Waals surface area (Å²) in [5, 5.41) is 18.0. The molecule has 0 unspecified atom stereocenters. The molecule has 0 atom stereocenters. The molecule has 1 aromatic carbocycles. The molecule has 0 bridgehead atoms. The Hall–Kier alpha value is -0.795. The van der Waals surface area contributed by atoms with Gasteiger partial charge < -0.3 is 10.0 Å². The standard InChI is InChI=1S/C9H13BO2/c1-6-4-7(2)8(3)9(5-6)10(11)12/h4-5,11-12H,1-3H3. The van der Waals surface area contributed by atoms with Crippen LogP contribution in [0.25, 0.3) is 0 Å². The minimum Gasteiger partial charge on any atom is -0.423 e. The Balaban J connectivity index is 3.28. The van der Waals surface area contributed by atoms with Crippen LogP contribution in [-0.2, 0) is 0 Å². The van der Waals surface area contributed by atoms with E-state index in [1.165, 1.54) is 0 Å². The molecule has 0 aromatic heterocycles. The van der Waals surface area contributed by atoms with E-state index in [1.807, 2.05) is 26.8 Å². The van der Waals surface area contributed by atoms with E-state index >= 15 is 0 Å². The second-order valence-electron chi connectivity index (χ2n) is 3.17. The van der Waals surface area contributed by atoms with E-state index in [0.717, 1.165) is 16.7 Å². The molecule has 3 heteroatoms. The van der Waals surface area contributed by atoms with Crippen molar-refractivity contribution in [2.24, 2.45) is 0 Å². The first-order valence-electron chi connectivity index (χ1n) is 3.96. The van der Waals surface area contributed by atoms with Crippen molar-refractivity contribution in [1.29, 1.82) is 0 Å². The van der Waals surface area contributed by atoms with E-state index in [0.29, 0.717) is 5.46 Å². The third-order valence-corrected chi connectivity index (χ3v) is 2.13. The number of hydrogen-bond acceptors (Lipinski definition) is 2. The van der Waals surface area contributed by atoms with Crippen LogP contribution in [0.1, 0.15) is 16.7 Å². The summed E-state index contributed by atoms with van der Waals surface area (Å²) in [6, 6.07) is 3.83. The van der Waals surface area contributed by atoms with Crippen LogP contribution in [0.4, 0.5) is 0 Å². The molecule has 1 aromatic rings. The van der Waals surface area contributed by atoms with E-state index in [4.69, 9.17) is 10.0 Å². The van der Waals surface area contributed by atoms with Gasteiger partial charge in [-0.3, -0.25) is 0 Å². The van der Waals surface area contributed by atoms with Crippen molar-refractivity contribution in [2.45, 2.75) is 20.8 Å². The predicted octanol–water partition coefficient (Wildman–Crippen LogP) is 0.292. The van der Waals surface area contributed by atoms with Crippen LogP contribution in [0.3, 0.4) is 0 Å². The highest BCUT2D eigenvalue weighted by atomic mass is 16.4. The van der Waals surface area contributed by atoms with Crippen molar-refractivity contribution >= 4 is 12.6 Å². The van der Waals surface area contributed by atoms with Crippen LogP contribution in [-0.4, -0.2) is 17.2 Å². The van der Waals surface area contributed by atoms with Gasteiger partial charge in [0.05, 0.1) is 0 Å². The molecule has 0 spiro atoms. The Morgan fingerprint density at radius 3 is 2.17 bits per heavy atom. The highest BCUT2D eigenvalue weighted by Gasteiger charge is 2.14. The lowest BCUT2D eigenvalue weighted by Crippen LogP contribution is -2.32. The lowest BCUT2D eigenvalue weighted by molar-refractivity contribution is 0.425. The van der Waals surface area contributed by atoms with E-state index in [2.05, 4.69) is 0 Å². The first kappa shape index (κ1) is 9.29. The molecule has 0 radical (unpaired) electrons. The average molecular weight is 164 g/mol. The Kier molecular flexibility index (Phi) is 2.55. The van der Waals surface area contributed by atoms with Crippen molar-refractivity contribution in [3.8, 4) is 0 Å². The summed E-state index contributed by atoms with van der Waals surface area (Å²) in [5.74, 6) is 0. The Bertz CT molecular complexity index is 295. The molecular weight excluding hydrogens is 151 g/mol. The highest BCUT2D eigenvalue weighted by Crippen LogP contribution is 2.07. The molecule has 0 amide bonds. The Labute approximate surface area is 73.0 Å². The summed E-state index contributed by atoms with van der Waals surface area (Å²) in [7, 11) is -1.36. The molecule has 12 heavy (non-hydrogen) atoms. The lowest BCUT2D eigenvalue weighted by Gasteiger charge is -2.08. The maximum Gasteiger partial charge on any atom is 0.488 e. The van der Waals surface area contributed by atoms with Gasteiger partial charge in [-0.2, -0.15) is 0 Å². The van der Waals surface area contributed by atoms with Crippen molar-refractivity contribution in [1.82, 2.24) is 0 Å². The highest BCUT2D eigenvalue weighted by molar-refractivity contribution is 6.59. The van der Waals surface area contributed by atoms with E-state index in [9.17, 15) is 0 Å². The molecule has 0 aliphatic heterocycles. The molecule has 0 heterocycles. The Morgan fingerprint density at radius 2 is 1.67 bits per heavy atom. The molecule has 0 saturated carbocycles. The number of aryl methyl sites for hydroxylation is 2. The number of benzene rings is 1. The van der Waals surface area contributed by atoms with Gasteiger partial charge in [0.1, 0.15) is 0 Å². The van der Waals surface area contributed by atoms with E-state index < -0.39 is 7.12 Å². The van der Waals surface area contributed by atoms with Gasteiger partial charge in [-0.15, -0.1) is 0 Å². The zero-order valence-electron chi connectivity index (χ0n) is 7.63. The van der Waals surface area contributed by atoms with Crippen LogP contribution in [0.2, 0.25) is 0 Å². The summed E-state index contributed by atoms with van der Waals surface area (Å²) in [6.45, 7) is 5.80. The fourth-order valence-electron chi connectivity index (χ4n) is 1.34. The van der Waals surface area contributed by atoms with Crippen LogP contribution in [0.15, 0.2) is 12.1 Å². The van der Waals surface area contributed by atoms with Crippen LogP contribution in [0.5, 0.6) is 0 Å². The summed E-state index contributed by atoms with van der Waals surface area (Å²) in [4.78, 5) is 0. The van der Waals surface area contributed by atoms with Crippen molar-refractivity contribution < 1.29 is 10.0 Å². The fourth-order valence-corrected chi connectivity index (χ4v) is 1.34. The second kappa shape index (κ2) is 3.29. The predicted molar refractivity (Wildman–Crippen MR) is 50.5 cm³/mol. The van der Waals surface area contributed by atoms with Gasteiger partial charge in [-0.05, 0) is 37.4 Å². The smallest absolute Gasteiger partial charge is 0.423 e. The molecular formula is C9H13BO2. The summed E-state index contributed by atoms with van der Waals surface area (Å²) in [6.07, 6.45) is 0. The topological polar surface area (TPSA) is 40.5 Å². The minimum absolute atomic E-state index is 0.604. The molecule has 0 fully saturated rings. The Morgan fingerprint density at radius 1 is 1.08 bits per heavy atom. The summed E-state index contributed by atoms with van der Waals surface area (Å²) >= 11 is 0. The lowest BCUT2D eigenvalue weighted by atomic mass is 9.75. The normalized spacial score (nSPS) is 10.1. The summed E-state index contributed by atoms with van der Waals surface area (Å²) in [5.41, 5.74) is 3.71. The summed E-state index contributed by atoms with van der Waals surface area (Å²) < 4.78 is 0. The molecule has 64 valence electrons. The number of hydrogen-bond donors (Lipinski definition) is 2. The first-order chi connectivity index (χ1) is 5.52. The molecule has 0 saturated heterocycles. The van der Waals surface area contributed by atoms with E-state index in [-0.39, 0.29) is 0 Å². The van der Waals surface area contributed by atoms with Gasteiger partial charge in [-0.25, -0.2) is 0 Å². The van der Waals surface area contributed by atoms with Crippen molar-refractivity contribution in [3.63, 3.8) is 0 Å². The largest absolute Gasteiger partial charge is 0.488 e. The molecule has 0 aliphatic rings. The maximum absolute atomic E-state index is 9.01. The second-order valence-corrected chi connectivity index (χ2v) is 3.17. The van der Waals surface area contributed by atoms with Crippen LogP contribution < -0.4 is 5.46 Å². The third kappa shape index (κ3) is 1.68. The number of rotatable bonds is 1. The van der Waals surface area contributed by atoms with Gasteiger partial charge in [0, 0.05) is 0 Å². The quantitative estimate of drug-likeness (QED) is 0.585. The fraction of sp³-hybridized carbons (Fsp3) is 0.333. The van der Waals surface area contributed by atoms with Gasteiger partial charge >= 0.3 is 7.12 Å². The SMILES string of the molecule is Cc1cc(C)c(C)c(B(O)O)c1. The molecule has 2 nitrogen and oxygen atoms in total. The molecule has 0 aliphatic carbocycles. The van der Waals surface area contributed by atoms with Gasteiger partial charge in [0.15, 0.2) is 0 Å². The van der Waals surface area contributed by atoms with Gasteiger partial charge in [-0.1, -0.05) is 17.7 Å². The zero-order chi connectivity index (χ0) is 9.30.